The van der Waals surface area contributed by atoms with E-state index in [2.05, 4.69) is 147 Å². The van der Waals surface area contributed by atoms with Crippen molar-refractivity contribution in [3.63, 3.8) is 0 Å². The molecule has 0 saturated carbocycles. The van der Waals surface area contributed by atoms with Gasteiger partial charge in [0.25, 0.3) is 0 Å². The highest BCUT2D eigenvalue weighted by atomic mass is 32.1. The van der Waals surface area contributed by atoms with Gasteiger partial charge in [-0.1, -0.05) is 129 Å². The molecule has 0 atom stereocenters. The van der Waals surface area contributed by atoms with E-state index in [0.29, 0.717) is 0 Å². The monoisotopic (exact) mass is 654 g/mol. The minimum absolute atomic E-state index is 0.0686. The van der Waals surface area contributed by atoms with Gasteiger partial charge in [0.1, 0.15) is 0 Å². The average Bonchev–Trinajstić information content (AvgIpc) is 3.65. The van der Waals surface area contributed by atoms with Gasteiger partial charge in [-0.25, -0.2) is 9.97 Å². The van der Waals surface area contributed by atoms with E-state index in [-0.39, 0.29) is 5.41 Å². The first-order valence-corrected chi connectivity index (χ1v) is 18.1. The van der Waals surface area contributed by atoms with Crippen LogP contribution in [0.25, 0.3) is 97.2 Å². The molecule has 3 heteroatoms. The van der Waals surface area contributed by atoms with Crippen LogP contribution in [0.3, 0.4) is 0 Å². The second-order valence-electron chi connectivity index (χ2n) is 14.1. The van der Waals surface area contributed by atoms with Gasteiger partial charge >= 0.3 is 0 Å². The third-order valence-electron chi connectivity index (χ3n) is 11.0. The number of benzene rings is 8. The zero-order chi connectivity index (χ0) is 33.1. The van der Waals surface area contributed by atoms with Crippen molar-refractivity contribution in [1.82, 2.24) is 9.97 Å². The zero-order valence-electron chi connectivity index (χ0n) is 27.7. The summed E-state index contributed by atoms with van der Waals surface area (Å²) in [5.41, 5.74) is 11.2. The molecule has 0 N–H and O–H groups in total. The van der Waals surface area contributed by atoms with E-state index >= 15 is 0 Å². The fraction of sp³-hybridized carbons (Fsp3) is 0.0638. The van der Waals surface area contributed by atoms with Crippen molar-refractivity contribution in [2.75, 3.05) is 0 Å². The van der Waals surface area contributed by atoms with Crippen LogP contribution in [0.5, 0.6) is 0 Å². The highest BCUT2D eigenvalue weighted by Crippen LogP contribution is 2.52. The summed E-state index contributed by atoms with van der Waals surface area (Å²) in [5, 5.41) is 10.3. The number of aromatic nitrogens is 2. The van der Waals surface area contributed by atoms with Gasteiger partial charge in [0.15, 0.2) is 0 Å². The van der Waals surface area contributed by atoms with E-state index in [0.717, 1.165) is 33.5 Å². The summed E-state index contributed by atoms with van der Waals surface area (Å²) in [6.07, 6.45) is 0. The van der Waals surface area contributed by atoms with Crippen molar-refractivity contribution in [3.8, 4) is 33.6 Å². The number of nitrogens with zero attached hydrogens (tertiary/aromatic N) is 2. The van der Waals surface area contributed by atoms with Crippen LogP contribution < -0.4 is 0 Å². The molecule has 2 nitrogen and oxygen atoms in total. The molecule has 8 aromatic carbocycles. The number of hydrogen-bond donors (Lipinski definition) is 0. The van der Waals surface area contributed by atoms with E-state index in [1.807, 2.05) is 23.5 Å². The SMILES string of the molecule is CC1(C)c2ccccc2-c2ccc3c(ccc4ccc5cc(-c6nc7ccccc7nc6-c6ccc7c(c6)sc6ccccc67)ccc5c43)c21. The molecule has 234 valence electrons. The van der Waals surface area contributed by atoms with Crippen LogP contribution in [0, 0.1) is 0 Å². The summed E-state index contributed by atoms with van der Waals surface area (Å²) in [6.45, 7) is 4.74. The van der Waals surface area contributed by atoms with E-state index in [4.69, 9.17) is 9.97 Å². The van der Waals surface area contributed by atoms with Gasteiger partial charge in [-0.15, -0.1) is 11.3 Å². The summed E-state index contributed by atoms with van der Waals surface area (Å²) in [7, 11) is 0. The molecule has 0 fully saturated rings. The molecule has 50 heavy (non-hydrogen) atoms. The minimum Gasteiger partial charge on any atom is -0.244 e. The van der Waals surface area contributed by atoms with E-state index in [1.165, 1.54) is 74.7 Å². The number of fused-ring (bicyclic) bond motifs is 13. The summed E-state index contributed by atoms with van der Waals surface area (Å²) in [6, 6.07) is 53.2. The van der Waals surface area contributed by atoms with Gasteiger partial charge in [0.2, 0.25) is 0 Å². The van der Waals surface area contributed by atoms with Crippen LogP contribution in [0.2, 0.25) is 0 Å². The van der Waals surface area contributed by atoms with Crippen LogP contribution in [-0.2, 0) is 5.41 Å². The van der Waals surface area contributed by atoms with Gasteiger partial charge in [0.05, 0.1) is 22.4 Å². The maximum Gasteiger partial charge on any atom is 0.0973 e. The Bertz CT molecular complexity index is 3080. The molecule has 2 aromatic heterocycles. The first-order chi connectivity index (χ1) is 24.5. The molecular weight excluding hydrogens is 625 g/mol. The molecule has 10 aromatic rings. The quantitative estimate of drug-likeness (QED) is 0.173. The first-order valence-electron chi connectivity index (χ1n) is 17.2. The largest absolute Gasteiger partial charge is 0.244 e. The van der Waals surface area contributed by atoms with E-state index in [1.54, 1.807) is 0 Å². The molecule has 0 aliphatic heterocycles. The van der Waals surface area contributed by atoms with Crippen LogP contribution in [0.1, 0.15) is 25.0 Å². The molecule has 2 heterocycles. The van der Waals surface area contributed by atoms with Gasteiger partial charge < -0.3 is 0 Å². The standard InChI is InChI=1S/C47H30N2S/c1-47(2)38-11-5-3-9-32(38)36-24-23-35-37(44(36)47)22-17-27-15-16-28-25-29(18-20-31(28)43(27)35)45-46(49-40-13-7-6-12-39(40)48-45)30-19-21-34-33-10-4-8-14-41(33)50-42(34)26-30/h3-26H,1-2H3. The van der Waals surface area contributed by atoms with Gasteiger partial charge in [-0.2, -0.15) is 0 Å². The van der Waals surface area contributed by atoms with Crippen molar-refractivity contribution in [3.05, 3.63) is 157 Å². The molecule has 0 saturated heterocycles. The van der Waals surface area contributed by atoms with Gasteiger partial charge in [-0.05, 0) is 84.9 Å². The lowest BCUT2D eigenvalue weighted by Gasteiger charge is -2.23. The summed E-state index contributed by atoms with van der Waals surface area (Å²) >= 11 is 1.84. The molecule has 11 rings (SSSR count). The van der Waals surface area contributed by atoms with Crippen molar-refractivity contribution >= 4 is 74.9 Å². The van der Waals surface area contributed by atoms with Crippen LogP contribution in [-0.4, -0.2) is 9.97 Å². The molecule has 0 spiro atoms. The van der Waals surface area contributed by atoms with Gasteiger partial charge in [-0.3, -0.25) is 0 Å². The molecule has 0 radical (unpaired) electrons. The lowest BCUT2D eigenvalue weighted by atomic mass is 9.79. The normalized spacial score (nSPS) is 13.6. The van der Waals surface area contributed by atoms with Crippen molar-refractivity contribution in [2.24, 2.45) is 0 Å². The third-order valence-corrected chi connectivity index (χ3v) is 12.1. The smallest absolute Gasteiger partial charge is 0.0973 e. The fourth-order valence-corrected chi connectivity index (χ4v) is 9.83. The summed E-state index contributed by atoms with van der Waals surface area (Å²) in [4.78, 5) is 10.5. The fourth-order valence-electron chi connectivity index (χ4n) is 8.69. The molecule has 0 unspecified atom stereocenters. The summed E-state index contributed by atoms with van der Waals surface area (Å²) < 4.78 is 2.57. The Morgan fingerprint density at radius 2 is 1.08 bits per heavy atom. The maximum atomic E-state index is 5.28. The summed E-state index contributed by atoms with van der Waals surface area (Å²) in [5.74, 6) is 0. The molecule has 1 aliphatic carbocycles. The molecular formula is C47H30N2S. The zero-order valence-corrected chi connectivity index (χ0v) is 28.5. The predicted molar refractivity (Wildman–Crippen MR) is 213 cm³/mol. The van der Waals surface area contributed by atoms with Crippen LogP contribution in [0.4, 0.5) is 0 Å². The Morgan fingerprint density at radius 3 is 1.92 bits per heavy atom. The highest BCUT2D eigenvalue weighted by Gasteiger charge is 2.36. The first kappa shape index (κ1) is 28.0. The molecule has 0 amide bonds. The van der Waals surface area contributed by atoms with E-state index < -0.39 is 0 Å². The van der Waals surface area contributed by atoms with Crippen molar-refractivity contribution < 1.29 is 0 Å². The Balaban J connectivity index is 1.13. The Labute approximate surface area is 293 Å². The average molecular weight is 655 g/mol. The minimum atomic E-state index is -0.0686. The number of hydrogen-bond acceptors (Lipinski definition) is 3. The van der Waals surface area contributed by atoms with Crippen molar-refractivity contribution in [1.29, 1.82) is 0 Å². The van der Waals surface area contributed by atoms with E-state index in [9.17, 15) is 0 Å². The lowest BCUT2D eigenvalue weighted by Crippen LogP contribution is -2.15. The Hall–Kier alpha value is -5.90. The van der Waals surface area contributed by atoms with Crippen LogP contribution >= 0.6 is 11.3 Å². The van der Waals surface area contributed by atoms with Crippen LogP contribution in [0.15, 0.2) is 146 Å². The number of para-hydroxylation sites is 2. The number of rotatable bonds is 2. The predicted octanol–water partition coefficient (Wildman–Crippen LogP) is 13.1. The number of thiophene rings is 1. The second-order valence-corrected chi connectivity index (χ2v) is 15.2. The second kappa shape index (κ2) is 10.1. The Morgan fingerprint density at radius 1 is 0.460 bits per heavy atom. The molecule has 1 aliphatic rings. The molecule has 0 bridgehead atoms. The highest BCUT2D eigenvalue weighted by molar-refractivity contribution is 7.25. The van der Waals surface area contributed by atoms with Gasteiger partial charge in [0, 0.05) is 36.7 Å². The Kier molecular flexibility index (Phi) is 5.64. The maximum absolute atomic E-state index is 5.28. The lowest BCUT2D eigenvalue weighted by molar-refractivity contribution is 0.666. The van der Waals surface area contributed by atoms with Crippen molar-refractivity contribution in [2.45, 2.75) is 19.3 Å². The third kappa shape index (κ3) is 3.84. The topological polar surface area (TPSA) is 25.8 Å².